The highest BCUT2D eigenvalue weighted by atomic mass is 16.5. The quantitative estimate of drug-likeness (QED) is 0.540. The molecule has 1 aliphatic rings. The number of benzene rings is 1. The lowest BCUT2D eigenvalue weighted by Gasteiger charge is -2.40. The van der Waals surface area contributed by atoms with Crippen molar-refractivity contribution >= 4 is 5.97 Å². The molecule has 0 amide bonds. The van der Waals surface area contributed by atoms with E-state index < -0.39 is 5.41 Å². The van der Waals surface area contributed by atoms with E-state index in [1.54, 1.807) is 0 Å². The van der Waals surface area contributed by atoms with E-state index >= 15 is 0 Å². The van der Waals surface area contributed by atoms with Gasteiger partial charge < -0.3 is 13.8 Å². The van der Waals surface area contributed by atoms with Crippen LogP contribution < -0.4 is 0 Å². The fraction of sp³-hybridized carbons (Fsp3) is 0.458. The predicted molar refractivity (Wildman–Crippen MR) is 117 cm³/mol. The van der Waals surface area contributed by atoms with Crippen molar-refractivity contribution in [2.75, 3.05) is 19.7 Å². The van der Waals surface area contributed by atoms with Crippen molar-refractivity contribution in [2.45, 2.75) is 39.7 Å². The Bertz CT molecular complexity index is 1030. The van der Waals surface area contributed by atoms with Gasteiger partial charge in [0.15, 0.2) is 0 Å². The molecule has 0 N–H and O–H groups in total. The molecule has 7 heteroatoms. The summed E-state index contributed by atoms with van der Waals surface area (Å²) in [4.78, 5) is 19.9. The molecule has 1 aliphatic heterocycles. The van der Waals surface area contributed by atoms with Crippen molar-refractivity contribution in [2.24, 2.45) is 12.5 Å². The van der Waals surface area contributed by atoms with Gasteiger partial charge in [0.25, 0.3) is 0 Å². The minimum Gasteiger partial charge on any atom is -0.466 e. The Hall–Kier alpha value is -2.93. The Morgan fingerprint density at radius 1 is 1.29 bits per heavy atom. The molecule has 1 atom stereocenters. The number of carbonyl (C=O) groups excluding carboxylic acids is 1. The lowest BCUT2D eigenvalue weighted by Crippen LogP contribution is -2.49. The van der Waals surface area contributed by atoms with Crippen LogP contribution in [0.3, 0.4) is 0 Å². The number of hydrogen-bond donors (Lipinski definition) is 0. The topological polar surface area (TPSA) is 73.4 Å². The zero-order chi connectivity index (χ0) is 21.8. The Kier molecular flexibility index (Phi) is 6.23. The second-order valence-electron chi connectivity index (χ2n) is 8.39. The van der Waals surface area contributed by atoms with Crippen molar-refractivity contribution in [1.82, 2.24) is 19.6 Å². The molecule has 7 nitrogen and oxygen atoms in total. The average Bonchev–Trinajstić information content (AvgIpc) is 3.37. The van der Waals surface area contributed by atoms with E-state index in [4.69, 9.17) is 9.26 Å². The van der Waals surface area contributed by atoms with Crippen molar-refractivity contribution in [3.8, 4) is 11.3 Å². The first-order valence-electron chi connectivity index (χ1n) is 10.9. The number of imidazole rings is 1. The predicted octanol–water partition coefficient (Wildman–Crippen LogP) is 3.77. The third-order valence-electron chi connectivity index (χ3n) is 6.21. The van der Waals surface area contributed by atoms with Crippen molar-refractivity contribution in [3.63, 3.8) is 0 Å². The molecule has 1 unspecified atom stereocenters. The fourth-order valence-electron chi connectivity index (χ4n) is 4.43. The van der Waals surface area contributed by atoms with Crippen LogP contribution in [0.5, 0.6) is 0 Å². The summed E-state index contributed by atoms with van der Waals surface area (Å²) in [5.74, 6) is 1.54. The summed E-state index contributed by atoms with van der Waals surface area (Å²) in [5, 5.41) is 4.24. The van der Waals surface area contributed by atoms with Gasteiger partial charge in [-0.2, -0.15) is 0 Å². The molecule has 164 valence electrons. The van der Waals surface area contributed by atoms with Crippen LogP contribution in [0.15, 0.2) is 47.1 Å². The monoisotopic (exact) mass is 422 g/mol. The minimum absolute atomic E-state index is 0.154. The number of carbonyl (C=O) groups is 1. The highest BCUT2D eigenvalue weighted by Gasteiger charge is 2.44. The van der Waals surface area contributed by atoms with E-state index in [-0.39, 0.29) is 5.97 Å². The largest absolute Gasteiger partial charge is 0.466 e. The van der Waals surface area contributed by atoms with E-state index in [1.165, 1.54) is 0 Å². The number of likely N-dealkylation sites (tertiary alicyclic amines) is 1. The average molecular weight is 423 g/mol. The van der Waals surface area contributed by atoms with Gasteiger partial charge in [0.05, 0.1) is 17.7 Å². The summed E-state index contributed by atoms with van der Waals surface area (Å²) in [7, 11) is 2.03. The highest BCUT2D eigenvalue weighted by Crippen LogP contribution is 2.36. The molecule has 1 fully saturated rings. The van der Waals surface area contributed by atoms with Crippen LogP contribution in [0.1, 0.15) is 37.0 Å². The maximum absolute atomic E-state index is 13.1. The van der Waals surface area contributed by atoms with Gasteiger partial charge in [-0.1, -0.05) is 35.5 Å². The van der Waals surface area contributed by atoms with Gasteiger partial charge in [-0.15, -0.1) is 0 Å². The summed E-state index contributed by atoms with van der Waals surface area (Å²) in [5.41, 5.74) is 2.28. The molecule has 1 saturated heterocycles. The van der Waals surface area contributed by atoms with Crippen molar-refractivity contribution in [1.29, 1.82) is 0 Å². The number of ether oxygens (including phenoxy) is 1. The molecule has 0 bridgehead atoms. The minimum atomic E-state index is -0.643. The van der Waals surface area contributed by atoms with Gasteiger partial charge in [0.2, 0.25) is 0 Å². The number of esters is 1. The Morgan fingerprint density at radius 2 is 2.10 bits per heavy atom. The molecule has 0 radical (unpaired) electrons. The van der Waals surface area contributed by atoms with Gasteiger partial charge in [-0.3, -0.25) is 9.69 Å². The molecule has 2 aromatic heterocycles. The van der Waals surface area contributed by atoms with Crippen LogP contribution in [0.2, 0.25) is 0 Å². The number of hydrogen-bond acceptors (Lipinski definition) is 6. The maximum atomic E-state index is 13.1. The first kappa shape index (κ1) is 21.3. The zero-order valence-corrected chi connectivity index (χ0v) is 18.5. The van der Waals surface area contributed by atoms with Crippen molar-refractivity contribution in [3.05, 3.63) is 59.9 Å². The van der Waals surface area contributed by atoms with E-state index in [0.29, 0.717) is 25.3 Å². The molecule has 0 spiro atoms. The number of piperidine rings is 1. The van der Waals surface area contributed by atoms with E-state index in [0.717, 1.165) is 48.7 Å². The van der Waals surface area contributed by atoms with Crippen LogP contribution in [0.4, 0.5) is 0 Å². The summed E-state index contributed by atoms with van der Waals surface area (Å²) >= 11 is 0. The normalized spacial score (nSPS) is 19.5. The summed E-state index contributed by atoms with van der Waals surface area (Å²) < 4.78 is 13.3. The van der Waals surface area contributed by atoms with Gasteiger partial charge >= 0.3 is 5.97 Å². The molecule has 3 aromatic rings. The standard InChI is InChI=1S/C24H30N4O3/c1-4-30-23(29)24(14-21-13-22(26-31-21)19-9-6-5-7-10-19)11-8-12-28(17-24)16-20-15-25-18(2)27(20)3/h5-7,9-10,13,15H,4,8,11-12,14,16-17H2,1-3H3. The van der Waals surface area contributed by atoms with E-state index in [1.807, 2.05) is 63.5 Å². The molecular formula is C24H30N4O3. The second kappa shape index (κ2) is 9.06. The van der Waals surface area contributed by atoms with Gasteiger partial charge in [-0.05, 0) is 33.2 Å². The first-order valence-corrected chi connectivity index (χ1v) is 10.9. The van der Waals surface area contributed by atoms with E-state index in [9.17, 15) is 4.79 Å². The van der Waals surface area contributed by atoms with Crippen LogP contribution in [0.25, 0.3) is 11.3 Å². The molecule has 0 aliphatic carbocycles. The SMILES string of the molecule is CCOC(=O)C1(Cc2cc(-c3ccccc3)no2)CCCN(Cc2cnc(C)n2C)C1. The summed E-state index contributed by atoms with van der Waals surface area (Å²) in [6, 6.07) is 11.9. The Balaban J connectivity index is 1.56. The van der Waals surface area contributed by atoms with Crippen LogP contribution in [-0.2, 0) is 29.5 Å². The number of aromatic nitrogens is 3. The smallest absolute Gasteiger partial charge is 0.313 e. The molecule has 0 saturated carbocycles. The van der Waals surface area contributed by atoms with Crippen LogP contribution in [0, 0.1) is 12.3 Å². The Morgan fingerprint density at radius 3 is 2.81 bits per heavy atom. The van der Waals surface area contributed by atoms with Gasteiger partial charge in [0.1, 0.15) is 17.3 Å². The summed E-state index contributed by atoms with van der Waals surface area (Å²) in [6.45, 7) is 6.54. The molecule has 31 heavy (non-hydrogen) atoms. The third-order valence-corrected chi connectivity index (χ3v) is 6.21. The third kappa shape index (κ3) is 4.56. The fourth-order valence-corrected chi connectivity index (χ4v) is 4.43. The van der Waals surface area contributed by atoms with Crippen LogP contribution in [-0.4, -0.2) is 45.3 Å². The van der Waals surface area contributed by atoms with Gasteiger partial charge in [-0.25, -0.2) is 4.98 Å². The van der Waals surface area contributed by atoms with Gasteiger partial charge in [0, 0.05) is 44.4 Å². The number of rotatable bonds is 7. The van der Waals surface area contributed by atoms with Crippen molar-refractivity contribution < 1.29 is 14.1 Å². The zero-order valence-electron chi connectivity index (χ0n) is 18.5. The highest BCUT2D eigenvalue weighted by molar-refractivity contribution is 5.77. The van der Waals surface area contributed by atoms with E-state index in [2.05, 4.69) is 19.6 Å². The Labute approximate surface area is 183 Å². The number of nitrogens with zero attached hydrogens (tertiary/aromatic N) is 4. The molecule has 4 rings (SSSR count). The molecule has 3 heterocycles. The molecule has 1 aromatic carbocycles. The van der Waals surface area contributed by atoms with Crippen LogP contribution >= 0.6 is 0 Å². The number of aryl methyl sites for hydroxylation is 1. The molecular weight excluding hydrogens is 392 g/mol. The maximum Gasteiger partial charge on any atom is 0.313 e. The lowest BCUT2D eigenvalue weighted by molar-refractivity contribution is -0.159. The summed E-state index contributed by atoms with van der Waals surface area (Å²) in [6.07, 6.45) is 4.09. The lowest BCUT2D eigenvalue weighted by atomic mass is 9.76. The second-order valence-corrected chi connectivity index (χ2v) is 8.39. The first-order chi connectivity index (χ1) is 15.0.